The lowest BCUT2D eigenvalue weighted by Crippen LogP contribution is -2.49. The second kappa shape index (κ2) is 7.77. The van der Waals surface area contributed by atoms with E-state index in [1.54, 1.807) is 0 Å². The Morgan fingerprint density at radius 3 is 2.35 bits per heavy atom. The molecule has 0 aliphatic carbocycles. The van der Waals surface area contributed by atoms with E-state index in [1.807, 2.05) is 7.05 Å². The quantitative estimate of drug-likeness (QED) is 0.859. The van der Waals surface area contributed by atoms with Crippen LogP contribution in [0.2, 0.25) is 0 Å². The van der Waals surface area contributed by atoms with Crippen molar-refractivity contribution < 1.29 is 0 Å². The summed E-state index contributed by atoms with van der Waals surface area (Å²) < 4.78 is 0. The van der Waals surface area contributed by atoms with Gasteiger partial charge >= 0.3 is 0 Å². The van der Waals surface area contributed by atoms with E-state index in [0.717, 1.165) is 19.1 Å². The molecule has 0 bridgehead atoms. The molecule has 0 spiro atoms. The molecule has 0 radical (unpaired) electrons. The van der Waals surface area contributed by atoms with Crippen LogP contribution in [0.15, 0.2) is 24.3 Å². The van der Waals surface area contributed by atoms with Gasteiger partial charge in [-0.15, -0.1) is 0 Å². The van der Waals surface area contributed by atoms with E-state index in [-0.39, 0.29) is 0 Å². The van der Waals surface area contributed by atoms with Gasteiger partial charge in [-0.1, -0.05) is 31.2 Å². The summed E-state index contributed by atoms with van der Waals surface area (Å²) in [5.41, 5.74) is 2.90. The number of nitrogens with one attached hydrogen (secondary N) is 1. The van der Waals surface area contributed by atoms with Gasteiger partial charge in [-0.05, 0) is 31.5 Å². The zero-order chi connectivity index (χ0) is 14.4. The van der Waals surface area contributed by atoms with Crippen molar-refractivity contribution >= 4 is 0 Å². The smallest absolute Gasteiger partial charge is 0.0238 e. The van der Waals surface area contributed by atoms with Crippen LogP contribution in [0, 0.1) is 0 Å². The highest BCUT2D eigenvalue weighted by Gasteiger charge is 2.20. The molecule has 1 aromatic rings. The van der Waals surface area contributed by atoms with E-state index in [4.69, 9.17) is 0 Å². The Morgan fingerprint density at radius 1 is 1.10 bits per heavy atom. The van der Waals surface area contributed by atoms with Gasteiger partial charge in [0.2, 0.25) is 0 Å². The number of hydrogen-bond acceptors (Lipinski definition) is 3. The Hall–Kier alpha value is -0.900. The van der Waals surface area contributed by atoms with Gasteiger partial charge in [0.25, 0.3) is 0 Å². The van der Waals surface area contributed by atoms with E-state index >= 15 is 0 Å². The maximum atomic E-state index is 3.26. The van der Waals surface area contributed by atoms with Gasteiger partial charge in [0.05, 0.1) is 0 Å². The van der Waals surface area contributed by atoms with Crippen molar-refractivity contribution in [2.45, 2.75) is 39.4 Å². The van der Waals surface area contributed by atoms with E-state index in [2.05, 4.69) is 53.2 Å². The van der Waals surface area contributed by atoms with Gasteiger partial charge in [0.15, 0.2) is 0 Å². The van der Waals surface area contributed by atoms with Crippen molar-refractivity contribution in [1.82, 2.24) is 15.1 Å². The van der Waals surface area contributed by atoms with Crippen LogP contribution in [0.3, 0.4) is 0 Å². The molecule has 20 heavy (non-hydrogen) atoms. The molecule has 0 amide bonds. The summed E-state index contributed by atoms with van der Waals surface area (Å²) in [6, 6.07) is 9.53. The third-order valence-electron chi connectivity index (χ3n) is 4.50. The third kappa shape index (κ3) is 4.05. The predicted molar refractivity (Wildman–Crippen MR) is 85.8 cm³/mol. The van der Waals surface area contributed by atoms with E-state index in [9.17, 15) is 0 Å². The summed E-state index contributed by atoms with van der Waals surface area (Å²) in [6.45, 7) is 11.5. The summed E-state index contributed by atoms with van der Waals surface area (Å²) in [6.07, 6.45) is 1.25. The summed E-state index contributed by atoms with van der Waals surface area (Å²) in [5.74, 6) is 0. The molecule has 0 saturated carbocycles. The van der Waals surface area contributed by atoms with Crippen molar-refractivity contribution in [2.75, 3.05) is 33.2 Å². The van der Waals surface area contributed by atoms with Crippen molar-refractivity contribution in [3.05, 3.63) is 35.4 Å². The molecular formula is C17H29N3. The van der Waals surface area contributed by atoms with Crippen LogP contribution >= 0.6 is 0 Å². The van der Waals surface area contributed by atoms with Gasteiger partial charge in [-0.2, -0.15) is 0 Å². The Morgan fingerprint density at radius 2 is 1.75 bits per heavy atom. The monoisotopic (exact) mass is 275 g/mol. The summed E-state index contributed by atoms with van der Waals surface area (Å²) in [4.78, 5) is 5.21. The standard InChI is InChI=1S/C17H29N3/c1-4-15(2)20-11-9-19(10-12-20)14-17-8-6-5-7-16(17)13-18-3/h5-8,15,18H,4,9-14H2,1-3H3. The maximum Gasteiger partial charge on any atom is 0.0238 e. The Kier molecular flexibility index (Phi) is 6.02. The number of nitrogens with zero attached hydrogens (tertiary/aromatic N) is 2. The molecular weight excluding hydrogens is 246 g/mol. The third-order valence-corrected chi connectivity index (χ3v) is 4.50. The molecule has 1 aliphatic heterocycles. The van der Waals surface area contributed by atoms with Gasteiger partial charge < -0.3 is 5.32 Å². The molecule has 0 aromatic heterocycles. The SMILES string of the molecule is CCC(C)N1CCN(Cc2ccccc2CNC)CC1. The van der Waals surface area contributed by atoms with Crippen molar-refractivity contribution in [3.8, 4) is 0 Å². The number of hydrogen-bond donors (Lipinski definition) is 1. The summed E-state index contributed by atoms with van der Waals surface area (Å²) in [5, 5.41) is 3.26. The first-order chi connectivity index (χ1) is 9.74. The van der Waals surface area contributed by atoms with Gasteiger partial charge in [-0.3, -0.25) is 9.80 Å². The molecule has 112 valence electrons. The first-order valence-electron chi connectivity index (χ1n) is 7.92. The highest BCUT2D eigenvalue weighted by Crippen LogP contribution is 2.15. The molecule has 1 atom stereocenters. The Balaban J connectivity index is 1.89. The van der Waals surface area contributed by atoms with Crippen LogP contribution < -0.4 is 5.32 Å². The fraction of sp³-hybridized carbons (Fsp3) is 0.647. The number of benzene rings is 1. The van der Waals surface area contributed by atoms with E-state index in [1.165, 1.54) is 43.7 Å². The topological polar surface area (TPSA) is 18.5 Å². The lowest BCUT2D eigenvalue weighted by Gasteiger charge is -2.38. The lowest BCUT2D eigenvalue weighted by molar-refractivity contribution is 0.0962. The van der Waals surface area contributed by atoms with E-state index < -0.39 is 0 Å². The maximum absolute atomic E-state index is 3.26. The van der Waals surface area contributed by atoms with Crippen LogP contribution in [0.25, 0.3) is 0 Å². The highest BCUT2D eigenvalue weighted by molar-refractivity contribution is 5.27. The number of rotatable bonds is 6. The molecule has 1 aromatic carbocycles. The van der Waals surface area contributed by atoms with Gasteiger partial charge in [0, 0.05) is 45.3 Å². The fourth-order valence-corrected chi connectivity index (χ4v) is 2.94. The van der Waals surface area contributed by atoms with Crippen LogP contribution in [0.1, 0.15) is 31.4 Å². The van der Waals surface area contributed by atoms with Gasteiger partial charge in [0.1, 0.15) is 0 Å². The average Bonchev–Trinajstić information content (AvgIpc) is 2.49. The molecule has 3 heteroatoms. The first-order valence-corrected chi connectivity index (χ1v) is 7.92. The van der Waals surface area contributed by atoms with Crippen LogP contribution in [-0.4, -0.2) is 49.1 Å². The zero-order valence-electron chi connectivity index (χ0n) is 13.2. The Bertz CT molecular complexity index is 397. The molecule has 1 N–H and O–H groups in total. The highest BCUT2D eigenvalue weighted by atomic mass is 15.3. The minimum atomic E-state index is 0.730. The van der Waals surface area contributed by atoms with E-state index in [0.29, 0.717) is 0 Å². The summed E-state index contributed by atoms with van der Waals surface area (Å²) >= 11 is 0. The molecule has 1 aliphatic rings. The van der Waals surface area contributed by atoms with Gasteiger partial charge in [-0.25, -0.2) is 0 Å². The normalized spacial score (nSPS) is 19.1. The Labute approximate surface area is 124 Å². The van der Waals surface area contributed by atoms with Crippen molar-refractivity contribution in [1.29, 1.82) is 0 Å². The second-order valence-corrected chi connectivity index (χ2v) is 5.87. The lowest BCUT2D eigenvalue weighted by atomic mass is 10.1. The molecule has 2 rings (SSSR count). The molecule has 1 unspecified atom stereocenters. The zero-order valence-corrected chi connectivity index (χ0v) is 13.2. The minimum Gasteiger partial charge on any atom is -0.316 e. The number of piperazine rings is 1. The fourth-order valence-electron chi connectivity index (χ4n) is 2.94. The van der Waals surface area contributed by atoms with Crippen LogP contribution in [0.5, 0.6) is 0 Å². The minimum absolute atomic E-state index is 0.730. The molecule has 1 heterocycles. The molecule has 1 saturated heterocycles. The van der Waals surface area contributed by atoms with Crippen LogP contribution in [-0.2, 0) is 13.1 Å². The van der Waals surface area contributed by atoms with Crippen molar-refractivity contribution in [3.63, 3.8) is 0 Å². The molecule has 1 fully saturated rings. The second-order valence-electron chi connectivity index (χ2n) is 5.87. The first kappa shape index (κ1) is 15.5. The summed E-state index contributed by atoms with van der Waals surface area (Å²) in [7, 11) is 2.02. The molecule has 3 nitrogen and oxygen atoms in total. The predicted octanol–water partition coefficient (Wildman–Crippen LogP) is 2.32. The van der Waals surface area contributed by atoms with Crippen LogP contribution in [0.4, 0.5) is 0 Å². The largest absolute Gasteiger partial charge is 0.316 e. The average molecular weight is 275 g/mol. The van der Waals surface area contributed by atoms with Crippen molar-refractivity contribution in [2.24, 2.45) is 0 Å².